The van der Waals surface area contributed by atoms with Gasteiger partial charge in [-0.2, -0.15) is 0 Å². The summed E-state index contributed by atoms with van der Waals surface area (Å²) in [6, 6.07) is 20.4. The van der Waals surface area contributed by atoms with Crippen LogP contribution in [0.5, 0.6) is 0 Å². The average Bonchev–Trinajstić information content (AvgIpc) is 2.61. The first-order chi connectivity index (χ1) is 11.3. The van der Waals surface area contributed by atoms with Crippen molar-refractivity contribution >= 4 is 23.0 Å². The van der Waals surface area contributed by atoms with Gasteiger partial charge in [-0.15, -0.1) is 0 Å². The van der Waals surface area contributed by atoms with Crippen molar-refractivity contribution in [2.45, 2.75) is 19.3 Å². The van der Waals surface area contributed by atoms with Crippen LogP contribution in [0.3, 0.4) is 0 Å². The summed E-state index contributed by atoms with van der Waals surface area (Å²) >= 11 is 6.61. The van der Waals surface area contributed by atoms with Crippen molar-refractivity contribution in [1.82, 2.24) is 0 Å². The Balaban J connectivity index is 1.67. The summed E-state index contributed by atoms with van der Waals surface area (Å²) in [4.78, 5) is 0. The number of nitrogens with one attached hydrogen (secondary N) is 2. The molecule has 0 unspecified atom stereocenters. The van der Waals surface area contributed by atoms with E-state index in [9.17, 15) is 0 Å². The van der Waals surface area contributed by atoms with E-state index in [1.54, 1.807) is 0 Å². The van der Waals surface area contributed by atoms with Gasteiger partial charge in [0.25, 0.3) is 0 Å². The Morgan fingerprint density at radius 1 is 0.870 bits per heavy atom. The van der Waals surface area contributed by atoms with Crippen LogP contribution in [0.2, 0.25) is 0 Å². The minimum atomic E-state index is 0.797. The van der Waals surface area contributed by atoms with Gasteiger partial charge >= 0.3 is 0 Å². The molecule has 0 atom stereocenters. The highest BCUT2D eigenvalue weighted by Gasteiger charge is 2.15. The van der Waals surface area contributed by atoms with Crippen molar-refractivity contribution in [3.63, 3.8) is 0 Å². The third-order valence-electron chi connectivity index (χ3n) is 3.98. The van der Waals surface area contributed by atoms with E-state index in [0.717, 1.165) is 42.2 Å². The predicted octanol–water partition coefficient (Wildman–Crippen LogP) is 5.77. The van der Waals surface area contributed by atoms with Gasteiger partial charge in [0.1, 0.15) is 0 Å². The first kappa shape index (κ1) is 15.7. The summed E-state index contributed by atoms with van der Waals surface area (Å²) in [7, 11) is 0. The summed E-state index contributed by atoms with van der Waals surface area (Å²) < 4.78 is 0. The molecule has 2 aromatic carbocycles. The molecule has 0 spiro atoms. The molecule has 0 saturated heterocycles. The highest BCUT2D eigenvalue weighted by Crippen LogP contribution is 2.32. The van der Waals surface area contributed by atoms with Crippen molar-refractivity contribution in [2.24, 2.45) is 0 Å². The molecule has 118 valence electrons. The van der Waals surface area contributed by atoms with Crippen molar-refractivity contribution in [3.8, 4) is 0 Å². The van der Waals surface area contributed by atoms with E-state index in [-0.39, 0.29) is 0 Å². The maximum atomic E-state index is 6.61. The van der Waals surface area contributed by atoms with Crippen LogP contribution in [0.1, 0.15) is 19.3 Å². The number of hydrogen-bond donors (Lipinski definition) is 2. The fourth-order valence-electron chi connectivity index (χ4n) is 2.71. The van der Waals surface area contributed by atoms with E-state index in [0.29, 0.717) is 0 Å². The molecular formula is C20H21ClN2. The van der Waals surface area contributed by atoms with Gasteiger partial charge in [0, 0.05) is 29.2 Å². The molecule has 0 aliphatic heterocycles. The highest BCUT2D eigenvalue weighted by atomic mass is 35.5. The Morgan fingerprint density at radius 3 is 2.22 bits per heavy atom. The van der Waals surface area contributed by atoms with Crippen LogP contribution < -0.4 is 10.6 Å². The maximum absolute atomic E-state index is 6.61. The molecule has 0 fully saturated rings. The number of para-hydroxylation sites is 2. The molecule has 0 aromatic heterocycles. The second-order valence-corrected chi connectivity index (χ2v) is 6.05. The molecule has 23 heavy (non-hydrogen) atoms. The van der Waals surface area contributed by atoms with Gasteiger partial charge in [-0.3, -0.25) is 0 Å². The van der Waals surface area contributed by atoms with Crippen LogP contribution in [-0.4, -0.2) is 6.54 Å². The normalized spacial score (nSPS) is 16.5. The van der Waals surface area contributed by atoms with Gasteiger partial charge in [-0.1, -0.05) is 48.0 Å². The van der Waals surface area contributed by atoms with E-state index < -0.39 is 0 Å². The first-order valence-electron chi connectivity index (χ1n) is 8.00. The van der Waals surface area contributed by atoms with Crippen LogP contribution >= 0.6 is 11.6 Å². The molecule has 0 saturated carbocycles. The summed E-state index contributed by atoms with van der Waals surface area (Å²) in [6.45, 7) is 0.797. The Labute approximate surface area is 142 Å². The van der Waals surface area contributed by atoms with Gasteiger partial charge in [-0.25, -0.2) is 0 Å². The van der Waals surface area contributed by atoms with Crippen molar-refractivity contribution in [1.29, 1.82) is 0 Å². The molecule has 3 rings (SSSR count). The lowest BCUT2D eigenvalue weighted by Crippen LogP contribution is -2.10. The molecule has 0 radical (unpaired) electrons. The zero-order valence-corrected chi connectivity index (χ0v) is 13.8. The quantitative estimate of drug-likeness (QED) is 0.729. The lowest BCUT2D eigenvalue weighted by Gasteiger charge is -2.20. The van der Waals surface area contributed by atoms with E-state index in [4.69, 9.17) is 11.6 Å². The van der Waals surface area contributed by atoms with Gasteiger partial charge in [0.05, 0.1) is 0 Å². The number of rotatable bonds is 5. The molecule has 2 N–H and O–H groups in total. The maximum Gasteiger partial charge on any atom is 0.0462 e. The third kappa shape index (κ3) is 4.40. The summed E-state index contributed by atoms with van der Waals surface area (Å²) in [6.07, 6.45) is 5.26. The van der Waals surface area contributed by atoms with Crippen LogP contribution in [0.25, 0.3) is 0 Å². The minimum absolute atomic E-state index is 0.797. The van der Waals surface area contributed by atoms with Gasteiger partial charge in [0.15, 0.2) is 0 Å². The molecule has 0 bridgehead atoms. The SMILES string of the molecule is ClC1=C(CNc2ccccc2)CCC/C1=C\Nc1ccccc1. The van der Waals surface area contributed by atoms with Crippen molar-refractivity contribution in [2.75, 3.05) is 17.2 Å². The van der Waals surface area contributed by atoms with E-state index >= 15 is 0 Å². The predicted molar refractivity (Wildman–Crippen MR) is 99.8 cm³/mol. The Hall–Kier alpha value is -2.19. The zero-order valence-electron chi connectivity index (χ0n) is 13.1. The summed E-state index contributed by atoms with van der Waals surface area (Å²) in [5.74, 6) is 0. The van der Waals surface area contributed by atoms with Crippen LogP contribution in [-0.2, 0) is 0 Å². The number of halogens is 1. The molecule has 0 heterocycles. The fourth-order valence-corrected chi connectivity index (χ4v) is 3.02. The number of benzene rings is 2. The lowest BCUT2D eigenvalue weighted by molar-refractivity contribution is 0.767. The van der Waals surface area contributed by atoms with E-state index in [1.807, 2.05) is 42.6 Å². The Morgan fingerprint density at radius 2 is 1.52 bits per heavy atom. The van der Waals surface area contributed by atoms with Crippen molar-refractivity contribution in [3.05, 3.63) is 83.0 Å². The largest absolute Gasteiger partial charge is 0.381 e. The molecule has 1 aliphatic rings. The highest BCUT2D eigenvalue weighted by molar-refractivity contribution is 6.32. The zero-order chi connectivity index (χ0) is 15.9. The minimum Gasteiger partial charge on any atom is -0.381 e. The second-order valence-electron chi connectivity index (χ2n) is 5.67. The molecular weight excluding hydrogens is 304 g/mol. The average molecular weight is 325 g/mol. The number of allylic oxidation sites excluding steroid dienone is 2. The molecule has 2 nitrogen and oxygen atoms in total. The van der Waals surface area contributed by atoms with E-state index in [1.165, 1.54) is 11.1 Å². The lowest BCUT2D eigenvalue weighted by atomic mass is 9.95. The number of anilines is 2. The summed E-state index contributed by atoms with van der Waals surface area (Å²) in [5, 5.41) is 7.69. The standard InChI is InChI=1S/C20H21ClN2/c21-20-16(14-22-18-10-3-1-4-11-18)8-7-9-17(20)15-23-19-12-5-2-6-13-19/h1-6,10-14,22-23H,7-9,15H2/b16-14+. The van der Waals surface area contributed by atoms with Gasteiger partial charge in [0.2, 0.25) is 0 Å². The molecule has 1 aliphatic carbocycles. The summed E-state index contributed by atoms with van der Waals surface area (Å²) in [5.41, 5.74) is 4.68. The fraction of sp³-hybridized carbons (Fsp3) is 0.200. The number of hydrogen-bond acceptors (Lipinski definition) is 2. The second kappa shape index (κ2) is 7.89. The topological polar surface area (TPSA) is 24.1 Å². The molecule has 3 heteroatoms. The van der Waals surface area contributed by atoms with Gasteiger partial charge < -0.3 is 10.6 Å². The van der Waals surface area contributed by atoms with Crippen LogP contribution in [0, 0.1) is 0 Å². The van der Waals surface area contributed by atoms with E-state index in [2.05, 4.69) is 34.9 Å². The van der Waals surface area contributed by atoms with Crippen LogP contribution in [0.15, 0.2) is 83.0 Å². The third-order valence-corrected chi connectivity index (χ3v) is 4.49. The van der Waals surface area contributed by atoms with Gasteiger partial charge in [-0.05, 0) is 54.7 Å². The Bertz CT molecular complexity index is 690. The molecule has 0 amide bonds. The Kier molecular flexibility index (Phi) is 5.38. The van der Waals surface area contributed by atoms with Crippen molar-refractivity contribution < 1.29 is 0 Å². The smallest absolute Gasteiger partial charge is 0.0462 e. The monoisotopic (exact) mass is 324 g/mol. The van der Waals surface area contributed by atoms with Crippen LogP contribution in [0.4, 0.5) is 11.4 Å². The molecule has 2 aromatic rings. The first-order valence-corrected chi connectivity index (χ1v) is 8.38.